The number of hydrogen-bond donors (Lipinski definition) is 3. The summed E-state index contributed by atoms with van der Waals surface area (Å²) in [6.07, 6.45) is 51.0. The highest BCUT2D eigenvalue weighted by Crippen LogP contribution is 2.45. The first-order valence-electron chi connectivity index (χ1n) is 37.2. The number of phosphoric acid groups is 2. The summed E-state index contributed by atoms with van der Waals surface area (Å²) < 4.78 is 68.3. The van der Waals surface area contributed by atoms with E-state index in [0.717, 1.165) is 115 Å². The summed E-state index contributed by atoms with van der Waals surface area (Å²) >= 11 is 0. The Bertz CT molecular complexity index is 1890. The fourth-order valence-electron chi connectivity index (χ4n) is 10.5. The van der Waals surface area contributed by atoms with Crippen LogP contribution in [0.2, 0.25) is 0 Å². The molecule has 0 aliphatic carbocycles. The van der Waals surface area contributed by atoms with E-state index in [-0.39, 0.29) is 25.7 Å². The number of aliphatic hydroxyl groups excluding tert-OH is 1. The molecule has 0 bridgehead atoms. The Labute approximate surface area is 561 Å². The van der Waals surface area contributed by atoms with Gasteiger partial charge in [-0.15, -0.1) is 0 Å². The zero-order valence-electron chi connectivity index (χ0n) is 59.5. The molecule has 0 aliphatic heterocycles. The van der Waals surface area contributed by atoms with Crippen LogP contribution in [0.5, 0.6) is 0 Å². The summed E-state index contributed by atoms with van der Waals surface area (Å²) in [4.78, 5) is 72.6. The molecular weight excluding hydrogens is 1210 g/mol. The topological polar surface area (TPSA) is 237 Å². The van der Waals surface area contributed by atoms with Crippen molar-refractivity contribution in [1.82, 2.24) is 0 Å². The number of hydrogen-bond acceptors (Lipinski definition) is 15. The van der Waals surface area contributed by atoms with E-state index in [1.54, 1.807) is 0 Å². The van der Waals surface area contributed by atoms with Crippen molar-refractivity contribution in [3.05, 3.63) is 24.3 Å². The number of esters is 4. The quantitative estimate of drug-likeness (QED) is 0.0169. The molecule has 0 aliphatic rings. The van der Waals surface area contributed by atoms with Gasteiger partial charge in [0.2, 0.25) is 0 Å². The zero-order valence-corrected chi connectivity index (χ0v) is 61.3. The molecule has 0 aromatic heterocycles. The average molecular weight is 1350 g/mol. The summed E-state index contributed by atoms with van der Waals surface area (Å²) in [6, 6.07) is 0. The van der Waals surface area contributed by atoms with E-state index in [0.29, 0.717) is 31.6 Å². The number of unbranched alkanes of at least 4 members (excludes halogenated alkanes) is 34. The maximum atomic E-state index is 13.0. The van der Waals surface area contributed by atoms with E-state index >= 15 is 0 Å². The van der Waals surface area contributed by atoms with Crippen molar-refractivity contribution >= 4 is 39.5 Å². The Kier molecular flexibility index (Phi) is 61.6. The zero-order chi connectivity index (χ0) is 68.0. The van der Waals surface area contributed by atoms with Crippen LogP contribution in [-0.4, -0.2) is 96.7 Å². The number of aliphatic hydroxyl groups is 1. The van der Waals surface area contributed by atoms with Crippen molar-refractivity contribution in [1.29, 1.82) is 0 Å². The lowest BCUT2D eigenvalue weighted by Gasteiger charge is -2.21. The Hall–Kier alpha value is -2.46. The van der Waals surface area contributed by atoms with Crippen molar-refractivity contribution in [2.75, 3.05) is 39.6 Å². The minimum Gasteiger partial charge on any atom is -0.462 e. The summed E-state index contributed by atoms with van der Waals surface area (Å²) in [6.45, 7) is 11.7. The van der Waals surface area contributed by atoms with E-state index < -0.39 is 97.5 Å². The number of rotatable bonds is 69. The summed E-state index contributed by atoms with van der Waals surface area (Å²) in [7, 11) is -9.92. The molecule has 3 N–H and O–H groups in total. The lowest BCUT2D eigenvalue weighted by atomic mass is 10.0. The Balaban J connectivity index is 5.26. The number of allylic oxidation sites excluding steroid dienone is 4. The van der Waals surface area contributed by atoms with Gasteiger partial charge < -0.3 is 33.8 Å². The van der Waals surface area contributed by atoms with Gasteiger partial charge >= 0.3 is 39.5 Å². The normalized spacial score (nSPS) is 14.3. The average Bonchev–Trinajstić information content (AvgIpc) is 2.64. The Morgan fingerprint density at radius 2 is 0.587 bits per heavy atom. The number of carbonyl (C=O) groups excluding carboxylic acids is 4. The van der Waals surface area contributed by atoms with Crippen molar-refractivity contribution in [3.63, 3.8) is 0 Å². The van der Waals surface area contributed by atoms with Gasteiger partial charge in [0.05, 0.1) is 26.4 Å². The third-order valence-electron chi connectivity index (χ3n) is 16.3. The second kappa shape index (κ2) is 63.3. The van der Waals surface area contributed by atoms with E-state index in [1.807, 2.05) is 0 Å². The van der Waals surface area contributed by atoms with E-state index in [9.17, 15) is 43.2 Å². The smallest absolute Gasteiger partial charge is 0.462 e. The Morgan fingerprint density at radius 3 is 0.880 bits per heavy atom. The predicted molar refractivity (Wildman–Crippen MR) is 372 cm³/mol. The van der Waals surface area contributed by atoms with E-state index in [4.69, 9.17) is 37.0 Å². The fraction of sp³-hybridized carbons (Fsp3) is 0.890. The number of phosphoric ester groups is 2. The molecule has 0 heterocycles. The third-order valence-corrected chi connectivity index (χ3v) is 18.2. The molecule has 5 atom stereocenters. The van der Waals surface area contributed by atoms with Crippen molar-refractivity contribution < 1.29 is 80.2 Å². The van der Waals surface area contributed by atoms with Gasteiger partial charge in [0.15, 0.2) is 12.2 Å². The molecule has 0 aromatic carbocycles. The predicted octanol–water partition coefficient (Wildman–Crippen LogP) is 20.6. The fourth-order valence-corrected chi connectivity index (χ4v) is 12.1. The molecule has 0 aromatic rings. The molecule has 0 amide bonds. The summed E-state index contributed by atoms with van der Waals surface area (Å²) in [5.41, 5.74) is 0. The lowest BCUT2D eigenvalue weighted by Crippen LogP contribution is -2.30. The molecule has 3 unspecified atom stereocenters. The van der Waals surface area contributed by atoms with E-state index in [2.05, 4.69) is 72.8 Å². The standard InChI is InChI=1S/C73H138O17P2/c1-8-9-10-11-12-13-14-15-16-21-24-27-34-42-49-56-72(77)89-68(60-83-70(75)54-47-40-32-26-23-20-18-17-19-22-25-30-37-44-51-64(2)3)62-87-91(79,80)85-58-67(74)59-86-92(81,82)88-63-69(90-73(78)57-50-43-36-35-39-46-53-66(6)7)61-84-71(76)55-48-41-33-29-28-31-38-45-52-65(4)5/h13-16,64-69,74H,8-12,17-63H2,1-7H3,(H,79,80)(H,81,82)/b14-13-,16-15-/t67?,68-,69-/m1/s1. The highest BCUT2D eigenvalue weighted by Gasteiger charge is 2.30. The first kappa shape index (κ1) is 89.5. The molecule has 0 saturated carbocycles. The first-order chi connectivity index (χ1) is 44.2. The maximum Gasteiger partial charge on any atom is 0.472 e. The van der Waals surface area contributed by atoms with Crippen molar-refractivity contribution in [2.45, 2.75) is 362 Å². The second-order valence-electron chi connectivity index (χ2n) is 27.1. The monoisotopic (exact) mass is 1350 g/mol. The molecule has 0 spiro atoms. The molecule has 0 rings (SSSR count). The highest BCUT2D eigenvalue weighted by atomic mass is 31.2. The van der Waals surface area contributed by atoms with Crippen molar-refractivity contribution in [3.8, 4) is 0 Å². The van der Waals surface area contributed by atoms with Crippen LogP contribution in [0.1, 0.15) is 344 Å². The number of carbonyl (C=O) groups is 4. The van der Waals surface area contributed by atoms with Gasteiger partial charge in [-0.1, -0.05) is 291 Å². The van der Waals surface area contributed by atoms with Gasteiger partial charge in [-0.05, 0) is 69.1 Å². The maximum absolute atomic E-state index is 13.0. The van der Waals surface area contributed by atoms with Crippen LogP contribution >= 0.6 is 15.6 Å². The molecule has 542 valence electrons. The minimum absolute atomic E-state index is 0.0846. The van der Waals surface area contributed by atoms with Gasteiger partial charge in [0, 0.05) is 25.7 Å². The van der Waals surface area contributed by atoms with Crippen LogP contribution in [0.25, 0.3) is 0 Å². The van der Waals surface area contributed by atoms with Gasteiger partial charge in [-0.2, -0.15) is 0 Å². The van der Waals surface area contributed by atoms with Gasteiger partial charge in [0.25, 0.3) is 0 Å². The van der Waals surface area contributed by atoms with Crippen molar-refractivity contribution in [2.24, 2.45) is 17.8 Å². The SMILES string of the molecule is CCCCCC/C=C\C=C/CCCCCCCC(=O)O[C@H](COC(=O)CCCCCCCCCCCCCCCCC(C)C)COP(=O)(O)OCC(O)COP(=O)(O)OC[C@@H](COC(=O)CCCCCCCCCCC(C)C)OC(=O)CCCCCCCCC(C)C. The summed E-state index contributed by atoms with van der Waals surface area (Å²) in [5, 5.41) is 10.6. The molecular formula is C73H138O17P2. The second-order valence-corrected chi connectivity index (χ2v) is 30.0. The largest absolute Gasteiger partial charge is 0.472 e. The van der Waals surface area contributed by atoms with Crippen LogP contribution in [0, 0.1) is 17.8 Å². The van der Waals surface area contributed by atoms with Crippen LogP contribution in [-0.2, 0) is 65.4 Å². The minimum atomic E-state index is -4.96. The van der Waals surface area contributed by atoms with Crippen LogP contribution in [0.4, 0.5) is 0 Å². The third kappa shape index (κ3) is 66.2. The van der Waals surface area contributed by atoms with Crippen LogP contribution in [0.3, 0.4) is 0 Å². The van der Waals surface area contributed by atoms with Gasteiger partial charge in [-0.3, -0.25) is 37.3 Å². The molecule has 0 fully saturated rings. The Morgan fingerprint density at radius 1 is 0.337 bits per heavy atom. The molecule has 19 heteroatoms. The molecule has 92 heavy (non-hydrogen) atoms. The highest BCUT2D eigenvalue weighted by molar-refractivity contribution is 7.47. The lowest BCUT2D eigenvalue weighted by molar-refractivity contribution is -0.161. The van der Waals surface area contributed by atoms with Crippen LogP contribution < -0.4 is 0 Å². The molecule has 17 nitrogen and oxygen atoms in total. The van der Waals surface area contributed by atoms with Gasteiger partial charge in [-0.25, -0.2) is 9.13 Å². The first-order valence-corrected chi connectivity index (χ1v) is 40.2. The molecule has 0 radical (unpaired) electrons. The van der Waals surface area contributed by atoms with Gasteiger partial charge in [0.1, 0.15) is 19.3 Å². The summed E-state index contributed by atoms with van der Waals surface area (Å²) in [5.74, 6) is 0.0315. The number of ether oxygens (including phenoxy) is 4. The van der Waals surface area contributed by atoms with E-state index in [1.165, 1.54) is 141 Å². The molecule has 0 saturated heterocycles. The van der Waals surface area contributed by atoms with Crippen LogP contribution in [0.15, 0.2) is 24.3 Å².